The van der Waals surface area contributed by atoms with Crippen LogP contribution in [0.25, 0.3) is 0 Å². The zero-order chi connectivity index (χ0) is 19.8. The van der Waals surface area contributed by atoms with Gasteiger partial charge in [0.1, 0.15) is 0 Å². The van der Waals surface area contributed by atoms with E-state index in [0.717, 1.165) is 32.1 Å². The number of piperidine rings is 1. The number of anilines is 1. The number of benzene rings is 1. The Bertz CT molecular complexity index is 720. The molecule has 6 nitrogen and oxygen atoms in total. The number of amides is 1. The molecule has 7 heteroatoms. The Morgan fingerprint density at radius 1 is 0.893 bits per heavy atom. The molecule has 2 N–H and O–H groups in total. The van der Waals surface area contributed by atoms with E-state index < -0.39 is 10.0 Å². The minimum Gasteiger partial charge on any atom is -0.325 e. The van der Waals surface area contributed by atoms with Gasteiger partial charge in [0.2, 0.25) is 15.9 Å². The van der Waals surface area contributed by atoms with E-state index in [9.17, 15) is 13.2 Å². The van der Waals surface area contributed by atoms with Gasteiger partial charge in [0.05, 0.1) is 11.4 Å². The number of carbonyl (C=O) groups excluding carboxylic acids is 1. The first-order chi connectivity index (χ1) is 13.6. The van der Waals surface area contributed by atoms with Crippen LogP contribution in [-0.2, 0) is 14.8 Å². The average Bonchev–Trinajstić information content (AvgIpc) is 2.68. The molecule has 0 atom stereocenters. The predicted molar refractivity (Wildman–Crippen MR) is 112 cm³/mol. The lowest BCUT2D eigenvalue weighted by atomic mass is 9.97. The van der Waals surface area contributed by atoms with Gasteiger partial charge in [-0.2, -0.15) is 4.31 Å². The number of carbonyl (C=O) groups is 1. The van der Waals surface area contributed by atoms with E-state index in [0.29, 0.717) is 36.3 Å². The Labute approximate surface area is 169 Å². The zero-order valence-electron chi connectivity index (χ0n) is 16.7. The van der Waals surface area contributed by atoms with Crippen LogP contribution in [0.15, 0.2) is 29.2 Å². The summed E-state index contributed by atoms with van der Waals surface area (Å²) < 4.78 is 26.9. The zero-order valence-corrected chi connectivity index (χ0v) is 17.5. The molecule has 28 heavy (non-hydrogen) atoms. The van der Waals surface area contributed by atoms with Crippen molar-refractivity contribution in [3.8, 4) is 0 Å². The fourth-order valence-corrected chi connectivity index (χ4v) is 5.58. The number of nitrogens with zero attached hydrogens (tertiary/aromatic N) is 1. The Balaban J connectivity index is 1.50. The molecule has 0 aromatic heterocycles. The Hall–Kier alpha value is -1.44. The quantitative estimate of drug-likeness (QED) is 0.756. The maximum absolute atomic E-state index is 12.7. The maximum Gasteiger partial charge on any atom is 0.243 e. The number of hydrogen-bond donors (Lipinski definition) is 2. The van der Waals surface area contributed by atoms with Gasteiger partial charge in [0.15, 0.2) is 0 Å². The highest BCUT2D eigenvalue weighted by molar-refractivity contribution is 7.89. The van der Waals surface area contributed by atoms with E-state index in [1.807, 2.05) is 0 Å². The molecule has 0 unspecified atom stereocenters. The van der Waals surface area contributed by atoms with Crippen molar-refractivity contribution in [3.05, 3.63) is 24.3 Å². The lowest BCUT2D eigenvalue weighted by Gasteiger charge is -2.25. The van der Waals surface area contributed by atoms with Gasteiger partial charge in [-0.1, -0.05) is 38.5 Å². The number of sulfonamides is 1. The van der Waals surface area contributed by atoms with E-state index in [1.54, 1.807) is 28.6 Å². The highest BCUT2D eigenvalue weighted by Crippen LogP contribution is 2.22. The molecule has 2 fully saturated rings. The van der Waals surface area contributed by atoms with Gasteiger partial charge in [-0.3, -0.25) is 4.79 Å². The van der Waals surface area contributed by atoms with Crippen LogP contribution in [-0.4, -0.2) is 44.3 Å². The molecule has 1 aromatic rings. The summed E-state index contributed by atoms with van der Waals surface area (Å²) >= 11 is 0. The Kier molecular flexibility index (Phi) is 7.88. The van der Waals surface area contributed by atoms with Crippen LogP contribution in [0.3, 0.4) is 0 Å². The summed E-state index contributed by atoms with van der Waals surface area (Å²) in [5.41, 5.74) is 0.627. The third-order valence-corrected chi connectivity index (χ3v) is 7.66. The second kappa shape index (κ2) is 10.4. The standard InChI is InChI=1S/C21H33N3O3S/c25-21(17-22-18-9-5-2-1-3-6-10-18)23-19-11-13-20(14-12-19)28(26,27)24-15-7-4-8-16-24/h11-14,18,22H,1-10,15-17H2,(H,23,25). The largest absolute Gasteiger partial charge is 0.325 e. The molecule has 1 aliphatic heterocycles. The van der Waals surface area contributed by atoms with E-state index in [2.05, 4.69) is 10.6 Å². The molecule has 0 radical (unpaired) electrons. The number of nitrogens with one attached hydrogen (secondary N) is 2. The van der Waals surface area contributed by atoms with E-state index in [-0.39, 0.29) is 5.91 Å². The molecule has 1 saturated heterocycles. The molecule has 1 saturated carbocycles. The van der Waals surface area contributed by atoms with Crippen molar-refractivity contribution < 1.29 is 13.2 Å². The van der Waals surface area contributed by atoms with Crippen molar-refractivity contribution in [3.63, 3.8) is 0 Å². The molecule has 3 rings (SSSR count). The van der Waals surface area contributed by atoms with Crippen molar-refractivity contribution in [2.24, 2.45) is 0 Å². The molecule has 156 valence electrons. The van der Waals surface area contributed by atoms with Crippen LogP contribution in [0.1, 0.15) is 64.2 Å². The summed E-state index contributed by atoms with van der Waals surface area (Å²) in [4.78, 5) is 12.5. The third kappa shape index (κ3) is 6.03. The Morgan fingerprint density at radius 2 is 1.46 bits per heavy atom. The summed E-state index contributed by atoms with van der Waals surface area (Å²) in [5, 5.41) is 6.23. The molecule has 1 aliphatic carbocycles. The molecule has 0 spiro atoms. The fourth-order valence-electron chi connectivity index (χ4n) is 4.07. The van der Waals surface area contributed by atoms with E-state index in [1.165, 1.54) is 32.1 Å². The lowest BCUT2D eigenvalue weighted by Crippen LogP contribution is -2.36. The second-order valence-corrected chi connectivity index (χ2v) is 9.90. The van der Waals surface area contributed by atoms with Crippen LogP contribution >= 0.6 is 0 Å². The topological polar surface area (TPSA) is 78.5 Å². The predicted octanol–water partition coefficient (Wildman–Crippen LogP) is 3.50. The summed E-state index contributed by atoms with van der Waals surface area (Å²) in [6.45, 7) is 1.47. The number of rotatable bonds is 6. The first kappa shape index (κ1) is 21.3. The highest BCUT2D eigenvalue weighted by atomic mass is 32.2. The van der Waals surface area contributed by atoms with Crippen molar-refractivity contribution in [1.29, 1.82) is 0 Å². The first-order valence-corrected chi connectivity index (χ1v) is 12.1. The molecule has 0 bridgehead atoms. The summed E-state index contributed by atoms with van der Waals surface area (Å²) in [5.74, 6) is -0.0892. The van der Waals surface area contributed by atoms with Gasteiger partial charge < -0.3 is 10.6 Å². The van der Waals surface area contributed by atoms with Gasteiger partial charge in [0.25, 0.3) is 0 Å². The van der Waals surface area contributed by atoms with Crippen LogP contribution in [0.2, 0.25) is 0 Å². The molecule has 2 aliphatic rings. The summed E-state index contributed by atoms with van der Waals surface area (Å²) in [7, 11) is -3.43. The van der Waals surface area contributed by atoms with Gasteiger partial charge in [-0.25, -0.2) is 8.42 Å². The highest BCUT2D eigenvalue weighted by Gasteiger charge is 2.25. The minimum atomic E-state index is -3.43. The van der Waals surface area contributed by atoms with Crippen LogP contribution in [0, 0.1) is 0 Å². The summed E-state index contributed by atoms with van der Waals surface area (Å²) in [6.07, 6.45) is 11.6. The fraction of sp³-hybridized carbons (Fsp3) is 0.667. The molecule has 1 aromatic carbocycles. The third-order valence-electron chi connectivity index (χ3n) is 5.75. The smallest absolute Gasteiger partial charge is 0.243 e. The second-order valence-electron chi connectivity index (χ2n) is 7.96. The summed E-state index contributed by atoms with van der Waals surface area (Å²) in [6, 6.07) is 6.93. The first-order valence-electron chi connectivity index (χ1n) is 10.7. The van der Waals surface area contributed by atoms with Gasteiger partial charge >= 0.3 is 0 Å². The Morgan fingerprint density at radius 3 is 2.11 bits per heavy atom. The number of hydrogen-bond acceptors (Lipinski definition) is 4. The lowest BCUT2D eigenvalue weighted by molar-refractivity contribution is -0.115. The normalized spacial score (nSPS) is 20.3. The molecular weight excluding hydrogens is 374 g/mol. The van der Waals surface area contributed by atoms with Crippen molar-refractivity contribution in [2.45, 2.75) is 75.1 Å². The maximum atomic E-state index is 12.7. The van der Waals surface area contributed by atoms with Crippen LogP contribution in [0.4, 0.5) is 5.69 Å². The monoisotopic (exact) mass is 407 g/mol. The van der Waals surface area contributed by atoms with Gasteiger partial charge in [-0.05, 0) is 49.9 Å². The van der Waals surface area contributed by atoms with Crippen molar-refractivity contribution >= 4 is 21.6 Å². The van der Waals surface area contributed by atoms with E-state index >= 15 is 0 Å². The molecular formula is C21H33N3O3S. The van der Waals surface area contributed by atoms with Crippen LogP contribution < -0.4 is 10.6 Å². The van der Waals surface area contributed by atoms with E-state index in [4.69, 9.17) is 0 Å². The van der Waals surface area contributed by atoms with Crippen LogP contribution in [0.5, 0.6) is 0 Å². The molecule has 1 amide bonds. The van der Waals surface area contributed by atoms with Gasteiger partial charge in [0, 0.05) is 24.8 Å². The minimum absolute atomic E-state index is 0.0892. The molecule has 1 heterocycles. The van der Waals surface area contributed by atoms with Crippen molar-refractivity contribution in [1.82, 2.24) is 9.62 Å². The van der Waals surface area contributed by atoms with Gasteiger partial charge in [-0.15, -0.1) is 0 Å². The van der Waals surface area contributed by atoms with Crippen molar-refractivity contribution in [2.75, 3.05) is 25.0 Å². The SMILES string of the molecule is O=C(CNC1CCCCCCC1)Nc1ccc(S(=O)(=O)N2CCCCC2)cc1. The average molecular weight is 408 g/mol.